The third-order valence-electron chi connectivity index (χ3n) is 19.3. The molecule has 0 saturated heterocycles. The van der Waals surface area contributed by atoms with Gasteiger partial charge in [0, 0.05) is 167 Å². The van der Waals surface area contributed by atoms with Crippen molar-refractivity contribution in [3.05, 3.63) is 189 Å². The third kappa shape index (κ3) is 27.7. The van der Waals surface area contributed by atoms with Gasteiger partial charge in [0.2, 0.25) is 30.1 Å². The third-order valence-corrected chi connectivity index (χ3v) is 25.4. The summed E-state index contributed by atoms with van der Waals surface area (Å²) >= 11 is 38.9. The Hall–Kier alpha value is -5.76. The molecule has 6 amide bonds. The molecule has 9 rings (SSSR count). The smallest absolute Gasteiger partial charge is 0.317 e. The van der Waals surface area contributed by atoms with E-state index in [-0.39, 0.29) is 182 Å². The molecule has 0 saturated carbocycles. The Balaban J connectivity index is 0.647. The molecule has 0 aliphatic carbocycles. The first-order chi connectivity index (χ1) is 54.1. The van der Waals surface area contributed by atoms with Crippen molar-refractivity contribution >= 4 is 118 Å². The van der Waals surface area contributed by atoms with Crippen molar-refractivity contribution in [2.24, 2.45) is 0 Å². The maximum Gasteiger partial charge on any atom is 0.317 e. The zero-order chi connectivity index (χ0) is 81.2. The van der Waals surface area contributed by atoms with E-state index in [1.807, 2.05) is 57.5 Å². The molecule has 0 unspecified atom stereocenters. The van der Waals surface area contributed by atoms with Crippen molar-refractivity contribution in [3.8, 4) is 0 Å². The summed E-state index contributed by atoms with van der Waals surface area (Å²) in [6.45, 7) is 7.67. The molecule has 3 aliphatic rings. The van der Waals surface area contributed by atoms with Gasteiger partial charge in [0.25, 0.3) is 0 Å². The van der Waals surface area contributed by atoms with Crippen molar-refractivity contribution in [3.63, 3.8) is 0 Å². The van der Waals surface area contributed by atoms with Crippen LogP contribution in [0.5, 0.6) is 0 Å². The predicted octanol–water partition coefficient (Wildman–Crippen LogP) is 9.75. The van der Waals surface area contributed by atoms with Crippen molar-refractivity contribution in [2.45, 2.75) is 64.9 Å². The average Bonchev–Trinajstić information content (AvgIpc) is 0.782. The Morgan fingerprint density at radius 1 is 0.381 bits per heavy atom. The highest BCUT2D eigenvalue weighted by atomic mass is 35.5. The standard InChI is InChI=1S/C77H102Cl6N12O15S3/c1-90-48-66(63-42-57(78)45-72(81)69(63)51-90)54-11-6-14-60(39-54)111(99,100)87-20-30-108-36-33-105-27-17-84-75(96)93(4)23-9-25-95(77(98)86-19-29-107-35-38-110-32-22-89-113(103,104)62-16-8-13-56(41-62)68-50-92(3)53-71-65(68)44-59(80)47-74(71)83)26-10-24-94(5)76(97)85-18-28-106-34-37-109-31-21-88-112(101,102)61-15-7-12-55(40-61)67-49-91(2)52-70-64(67)43-58(79)46-73(70)82/h6-8,11-16,39-47,66-68,87-89H,9-10,17-38,48-53H2,1-5H3,(H,84,96)(H,85,97)(H,86,98)/t66-,67+,68-/m0/s1. The summed E-state index contributed by atoms with van der Waals surface area (Å²) in [5.41, 5.74) is 8.29. The zero-order valence-corrected chi connectivity index (χ0v) is 71.1. The minimum atomic E-state index is -3.88. The molecule has 0 radical (unpaired) electrons. The summed E-state index contributed by atoms with van der Waals surface area (Å²) in [4.78, 5) is 51.3. The van der Waals surface area contributed by atoms with Gasteiger partial charge in [0.1, 0.15) is 0 Å². The summed E-state index contributed by atoms with van der Waals surface area (Å²) in [5, 5.41) is 11.8. The van der Waals surface area contributed by atoms with E-state index in [4.69, 9.17) is 98.0 Å². The number of rotatable bonds is 44. The number of nitrogens with one attached hydrogen (secondary N) is 6. The van der Waals surface area contributed by atoms with Gasteiger partial charge < -0.3 is 73.8 Å². The minimum absolute atomic E-state index is 0.0177. The van der Waals surface area contributed by atoms with Crippen molar-refractivity contribution in [1.82, 2.24) is 59.5 Å². The van der Waals surface area contributed by atoms with E-state index in [2.05, 4.69) is 44.8 Å². The van der Waals surface area contributed by atoms with Crippen molar-refractivity contribution in [1.29, 1.82) is 0 Å². The number of likely N-dealkylation sites (N-methyl/N-ethyl adjacent to an activating group) is 3. The van der Waals surface area contributed by atoms with Gasteiger partial charge in [-0.1, -0.05) is 106 Å². The van der Waals surface area contributed by atoms with Gasteiger partial charge in [-0.15, -0.1) is 0 Å². The molecular weight excluding hydrogens is 1640 g/mol. The second-order valence-electron chi connectivity index (χ2n) is 27.9. The number of hydrogen-bond donors (Lipinski definition) is 6. The SMILES string of the molecule is CN1Cc2c(Cl)cc(Cl)cc2[C@@H](c2cccc(S(=O)(=O)NCCOCCOCCNC(=O)N(C)CCCN(CCCN(C)C(=O)NCCOCCOCCNS(=O)(=O)c3cccc([C@@H]4CN(C)Cc5c(Cl)cc(Cl)cc54)c3)C(=O)NCCOCCOCCNS(=O)(=O)c3cccc([C@@H]4CN(C)Cc5c(Cl)cc(Cl)cc54)c3)c2)C1. The van der Waals surface area contributed by atoms with E-state index >= 15 is 0 Å². The Morgan fingerprint density at radius 3 is 0.947 bits per heavy atom. The molecular formula is C77H102Cl6N12O15S3. The lowest BCUT2D eigenvalue weighted by atomic mass is 9.85. The normalized spacial score (nSPS) is 16.1. The minimum Gasteiger partial charge on any atom is -0.378 e. The lowest BCUT2D eigenvalue weighted by Crippen LogP contribution is -2.45. The van der Waals surface area contributed by atoms with Gasteiger partial charge >= 0.3 is 18.1 Å². The van der Waals surface area contributed by atoms with Crippen LogP contribution in [0.1, 0.15) is 80.7 Å². The molecule has 0 bridgehead atoms. The van der Waals surface area contributed by atoms with Crippen LogP contribution in [-0.4, -0.2) is 272 Å². The van der Waals surface area contributed by atoms with Crippen LogP contribution in [-0.2, 0) is 78.1 Å². The molecule has 0 aromatic heterocycles. The number of carbonyl (C=O) groups excluding carboxylic acids is 3. The summed E-state index contributed by atoms with van der Waals surface area (Å²) in [6, 6.07) is 30.3. The molecule has 620 valence electrons. The molecule has 3 aliphatic heterocycles. The number of amides is 6. The van der Waals surface area contributed by atoms with E-state index in [1.54, 1.807) is 91.8 Å². The van der Waals surface area contributed by atoms with E-state index in [0.29, 0.717) is 95.3 Å². The van der Waals surface area contributed by atoms with Crippen LogP contribution >= 0.6 is 69.6 Å². The first-order valence-corrected chi connectivity index (χ1v) is 44.0. The van der Waals surface area contributed by atoms with Crippen LogP contribution in [0.3, 0.4) is 0 Å². The van der Waals surface area contributed by atoms with Crippen LogP contribution < -0.4 is 30.1 Å². The molecule has 6 aromatic carbocycles. The largest absolute Gasteiger partial charge is 0.378 e. The predicted molar refractivity (Wildman–Crippen MR) is 440 cm³/mol. The number of halogens is 6. The van der Waals surface area contributed by atoms with Gasteiger partial charge in [-0.25, -0.2) is 53.8 Å². The molecule has 3 heterocycles. The van der Waals surface area contributed by atoms with Gasteiger partial charge in [0.15, 0.2) is 0 Å². The van der Waals surface area contributed by atoms with Crippen LogP contribution in [0.2, 0.25) is 30.1 Å². The van der Waals surface area contributed by atoms with E-state index < -0.39 is 30.1 Å². The van der Waals surface area contributed by atoms with Crippen LogP contribution in [0.4, 0.5) is 14.4 Å². The van der Waals surface area contributed by atoms with Crippen molar-refractivity contribution in [2.75, 3.05) is 200 Å². The Kier molecular flexibility index (Phi) is 36.1. The van der Waals surface area contributed by atoms with Crippen LogP contribution in [0.15, 0.2) is 124 Å². The van der Waals surface area contributed by atoms with Gasteiger partial charge in [0.05, 0.1) is 94.0 Å². The summed E-state index contributed by atoms with van der Waals surface area (Å²) in [5.74, 6) is -0.402. The maximum absolute atomic E-state index is 13.7. The number of urea groups is 3. The molecule has 0 fully saturated rings. The summed E-state index contributed by atoms with van der Waals surface area (Å²) in [7, 11) is -2.36. The van der Waals surface area contributed by atoms with E-state index in [0.717, 1.165) is 50.1 Å². The molecule has 6 aromatic rings. The van der Waals surface area contributed by atoms with Crippen LogP contribution in [0.25, 0.3) is 0 Å². The van der Waals surface area contributed by atoms with E-state index in [9.17, 15) is 39.6 Å². The number of ether oxygens (including phenoxy) is 6. The fourth-order valence-electron chi connectivity index (χ4n) is 13.6. The Labute approximate surface area is 694 Å². The second kappa shape index (κ2) is 44.7. The molecule has 6 N–H and O–H groups in total. The molecule has 36 heteroatoms. The molecule has 0 spiro atoms. The zero-order valence-electron chi connectivity index (χ0n) is 64.1. The van der Waals surface area contributed by atoms with E-state index in [1.165, 1.54) is 9.80 Å². The topological polar surface area (TPSA) is 301 Å². The fraction of sp³-hybridized carbons (Fsp3) is 0.494. The van der Waals surface area contributed by atoms with Crippen LogP contribution in [0, 0.1) is 0 Å². The quantitative estimate of drug-likeness (QED) is 0.0194. The number of hydrogen-bond acceptors (Lipinski definition) is 18. The molecule has 113 heavy (non-hydrogen) atoms. The number of carbonyl (C=O) groups is 3. The summed E-state index contributed by atoms with van der Waals surface area (Å²) in [6.07, 6.45) is 0.833. The highest BCUT2D eigenvalue weighted by Crippen LogP contribution is 2.42. The monoisotopic (exact) mass is 1740 g/mol. The van der Waals surface area contributed by atoms with Gasteiger partial charge in [-0.05, 0) is 157 Å². The average molecular weight is 1740 g/mol. The molecule has 27 nitrogen and oxygen atoms in total. The second-order valence-corrected chi connectivity index (χ2v) is 35.8. The molecule has 3 atom stereocenters. The highest BCUT2D eigenvalue weighted by Gasteiger charge is 2.32. The Bertz CT molecular complexity index is 4340. The van der Waals surface area contributed by atoms with Gasteiger partial charge in [-0.2, -0.15) is 0 Å². The fourth-order valence-corrected chi connectivity index (χ4v) is 18.5. The van der Waals surface area contributed by atoms with Crippen molar-refractivity contribution < 1.29 is 68.1 Å². The lowest BCUT2D eigenvalue weighted by molar-refractivity contribution is 0.0511. The number of sulfonamides is 3. The lowest BCUT2D eigenvalue weighted by Gasteiger charge is -2.33. The highest BCUT2D eigenvalue weighted by molar-refractivity contribution is 7.90. The Morgan fingerprint density at radius 2 is 0.655 bits per heavy atom. The maximum atomic E-state index is 13.7. The first kappa shape index (κ1) is 91.1. The number of benzene rings is 6. The number of fused-ring (bicyclic) bond motifs is 3. The number of nitrogens with zero attached hydrogens (tertiary/aromatic N) is 6. The summed E-state index contributed by atoms with van der Waals surface area (Å²) < 4.78 is 122. The first-order valence-electron chi connectivity index (χ1n) is 37.3. The van der Waals surface area contributed by atoms with Gasteiger partial charge in [-0.3, -0.25) is 0 Å².